The van der Waals surface area contributed by atoms with Crippen LogP contribution in [0.15, 0.2) is 4.99 Å². The second-order valence-electron chi connectivity index (χ2n) is 1.01. The number of halogens is 3. The smallest absolute Gasteiger partial charge is 0.264 e. The van der Waals surface area contributed by atoms with Gasteiger partial charge < -0.3 is 0 Å². The molecule has 0 spiro atoms. The Kier molecular flexibility index (Phi) is 3.03. The second-order valence-corrected chi connectivity index (χ2v) is 2.18. The minimum absolute atomic E-state index is 1.52. The molecule has 0 bridgehead atoms. The van der Waals surface area contributed by atoms with E-state index in [9.17, 15) is 13.6 Å². The Balaban J connectivity index is 4.22. The lowest BCUT2D eigenvalue weighted by molar-refractivity contribution is -0.130. The first-order valence-corrected chi connectivity index (χ1v) is 2.87. The number of hydrogen-bond donors (Lipinski definition) is 0. The zero-order valence-electron chi connectivity index (χ0n) is 3.90. The molecule has 0 saturated heterocycles. The van der Waals surface area contributed by atoms with E-state index < -0.39 is 10.7 Å². The number of rotatable bonds is 1. The van der Waals surface area contributed by atoms with Crippen LogP contribution in [-0.4, -0.2) is 15.9 Å². The molecule has 0 aliphatic heterocycles. The topological polar surface area (TPSA) is 29.4 Å². The molecule has 0 unspecified atom stereocenters. The molecule has 9 heavy (non-hydrogen) atoms. The number of nitrogens with zero attached hydrogens (tertiary/aromatic N) is 1. The van der Waals surface area contributed by atoms with E-state index in [-0.39, 0.29) is 0 Å². The molecule has 0 heterocycles. The molecule has 0 aromatic rings. The summed E-state index contributed by atoms with van der Waals surface area (Å²) in [6.45, 7) is 0. The van der Waals surface area contributed by atoms with Crippen molar-refractivity contribution in [1.82, 2.24) is 0 Å². The van der Waals surface area contributed by atoms with E-state index >= 15 is 0 Å². The van der Waals surface area contributed by atoms with Crippen molar-refractivity contribution in [2.24, 2.45) is 4.99 Å². The van der Waals surface area contributed by atoms with Gasteiger partial charge in [0.25, 0.3) is 0 Å². The molecule has 50 valence electrons. The summed E-state index contributed by atoms with van der Waals surface area (Å²) in [5.74, 6) is -1.64. The summed E-state index contributed by atoms with van der Waals surface area (Å²) in [4.78, 5) is 8.88. The Morgan fingerprint density at radius 1 is 1.78 bits per heavy atom. The van der Waals surface area contributed by atoms with Crippen molar-refractivity contribution >= 4 is 39.2 Å². The first kappa shape index (κ1) is 8.81. The fourth-order valence-electron chi connectivity index (χ4n) is 0.105. The summed E-state index contributed by atoms with van der Waals surface area (Å²) >= 11 is 5.69. The number of aliphatic imine (C=N–C) groups is 1. The maximum atomic E-state index is 11.7. The van der Waals surface area contributed by atoms with Crippen molar-refractivity contribution in [1.29, 1.82) is 0 Å². The van der Waals surface area contributed by atoms with Crippen molar-refractivity contribution in [2.75, 3.05) is 0 Å². The average molecular weight is 216 g/mol. The predicted octanol–water partition coefficient (Wildman–Crippen LogP) is 1.60. The van der Waals surface area contributed by atoms with Gasteiger partial charge in [-0.15, -0.1) is 0 Å². The number of isothiocyanates is 1. The molecule has 0 aromatic carbocycles. The Hall–Kier alpha value is -0.190. The second kappa shape index (κ2) is 3.10. The molecule has 0 radical (unpaired) electrons. The Labute approximate surface area is 63.1 Å². The zero-order valence-corrected chi connectivity index (χ0v) is 6.30. The molecule has 0 fully saturated rings. The maximum Gasteiger partial charge on any atom is 0.380 e. The summed E-state index contributed by atoms with van der Waals surface area (Å²) in [5.41, 5.74) is 0. The van der Waals surface area contributed by atoms with Crippen molar-refractivity contribution < 1.29 is 13.6 Å². The van der Waals surface area contributed by atoms with Gasteiger partial charge in [-0.1, -0.05) is 0 Å². The number of carbonyl (C=O) groups excluding carboxylic acids is 1. The summed E-state index contributed by atoms with van der Waals surface area (Å²) in [6.07, 6.45) is 0. The minimum Gasteiger partial charge on any atom is -0.264 e. The number of hydrogen-bond acceptors (Lipinski definition) is 2. The summed E-state index contributed by atoms with van der Waals surface area (Å²) in [5, 5.41) is 1.52. The predicted molar refractivity (Wildman–Crippen MR) is 33.9 cm³/mol. The highest BCUT2D eigenvalue weighted by molar-refractivity contribution is 9.10. The van der Waals surface area contributed by atoms with E-state index in [0.717, 1.165) is 0 Å². The van der Waals surface area contributed by atoms with Crippen LogP contribution in [-0.2, 0) is 4.79 Å². The SMILES string of the molecule is O=C(N=C=S)C(F)(F)Br. The molecule has 0 aliphatic carbocycles. The van der Waals surface area contributed by atoms with Gasteiger partial charge in [0, 0.05) is 15.9 Å². The first-order chi connectivity index (χ1) is 3.98. The summed E-state index contributed by atoms with van der Waals surface area (Å²) in [6, 6.07) is 0. The number of alkyl halides is 3. The maximum absolute atomic E-state index is 11.7. The van der Waals surface area contributed by atoms with E-state index in [1.54, 1.807) is 15.9 Å². The molecule has 0 aromatic heterocycles. The van der Waals surface area contributed by atoms with Crippen LogP contribution in [0.2, 0.25) is 0 Å². The van der Waals surface area contributed by atoms with E-state index in [0.29, 0.717) is 0 Å². The van der Waals surface area contributed by atoms with Gasteiger partial charge in [0.05, 0.1) is 5.16 Å². The quantitative estimate of drug-likeness (QED) is 0.378. The Bertz CT molecular complexity index is 171. The number of carbonyl (C=O) groups is 1. The number of thiocarbonyl (C=S) groups is 1. The molecular weight excluding hydrogens is 216 g/mol. The molecule has 0 rings (SSSR count). The molecular formula is C3BrF2NOS. The Morgan fingerprint density at radius 3 is 2.33 bits per heavy atom. The van der Waals surface area contributed by atoms with Crippen LogP contribution in [0.1, 0.15) is 0 Å². The van der Waals surface area contributed by atoms with E-state index in [1.165, 1.54) is 5.16 Å². The van der Waals surface area contributed by atoms with Crippen LogP contribution in [0.25, 0.3) is 0 Å². The van der Waals surface area contributed by atoms with Crippen molar-refractivity contribution in [3.05, 3.63) is 0 Å². The van der Waals surface area contributed by atoms with Crippen molar-refractivity contribution in [3.63, 3.8) is 0 Å². The third-order valence-electron chi connectivity index (χ3n) is 0.390. The van der Waals surface area contributed by atoms with Gasteiger partial charge in [0.15, 0.2) is 0 Å². The van der Waals surface area contributed by atoms with E-state index in [4.69, 9.17) is 0 Å². The lowest BCUT2D eigenvalue weighted by Gasteiger charge is -1.97. The molecule has 0 atom stereocenters. The third-order valence-corrected chi connectivity index (χ3v) is 0.820. The highest BCUT2D eigenvalue weighted by Crippen LogP contribution is 2.22. The lowest BCUT2D eigenvalue weighted by Crippen LogP contribution is -2.17. The van der Waals surface area contributed by atoms with Crippen LogP contribution in [0.4, 0.5) is 8.78 Å². The van der Waals surface area contributed by atoms with Gasteiger partial charge in [-0.05, 0) is 12.2 Å². The lowest BCUT2D eigenvalue weighted by atomic mass is 10.7. The first-order valence-electron chi connectivity index (χ1n) is 1.67. The average Bonchev–Trinajstić information content (AvgIpc) is 1.64. The van der Waals surface area contributed by atoms with Gasteiger partial charge >= 0.3 is 10.7 Å². The van der Waals surface area contributed by atoms with E-state index in [1.807, 2.05) is 0 Å². The van der Waals surface area contributed by atoms with E-state index in [2.05, 4.69) is 17.2 Å². The standard InChI is InChI=1S/C3BrF2NOS/c4-3(5,6)2(8)7-1-9. The largest absolute Gasteiger partial charge is 0.380 e. The molecule has 0 N–H and O–H groups in total. The summed E-state index contributed by atoms with van der Waals surface area (Å²) < 4.78 is 23.4. The van der Waals surface area contributed by atoms with Crippen LogP contribution >= 0.6 is 28.1 Å². The van der Waals surface area contributed by atoms with Gasteiger partial charge in [0.2, 0.25) is 0 Å². The van der Waals surface area contributed by atoms with Crippen LogP contribution in [0.5, 0.6) is 0 Å². The molecule has 1 amide bonds. The monoisotopic (exact) mass is 215 g/mol. The fraction of sp³-hybridized carbons (Fsp3) is 0.333. The van der Waals surface area contributed by atoms with Crippen LogP contribution in [0, 0.1) is 0 Å². The molecule has 0 saturated carbocycles. The normalized spacial score (nSPS) is 10.1. The van der Waals surface area contributed by atoms with Gasteiger partial charge in [-0.3, -0.25) is 4.79 Å². The van der Waals surface area contributed by atoms with Gasteiger partial charge in [0.1, 0.15) is 0 Å². The van der Waals surface area contributed by atoms with Gasteiger partial charge in [-0.25, -0.2) is 0 Å². The van der Waals surface area contributed by atoms with Crippen LogP contribution < -0.4 is 0 Å². The third kappa shape index (κ3) is 3.40. The zero-order chi connectivity index (χ0) is 7.49. The molecule has 2 nitrogen and oxygen atoms in total. The Morgan fingerprint density at radius 2 is 2.22 bits per heavy atom. The summed E-state index contributed by atoms with van der Waals surface area (Å²) in [7, 11) is 0. The highest BCUT2D eigenvalue weighted by atomic mass is 79.9. The minimum atomic E-state index is -3.61. The van der Waals surface area contributed by atoms with Crippen molar-refractivity contribution in [3.8, 4) is 0 Å². The van der Waals surface area contributed by atoms with Crippen LogP contribution in [0.3, 0.4) is 0 Å². The molecule has 6 heteroatoms. The van der Waals surface area contributed by atoms with Gasteiger partial charge in [-0.2, -0.15) is 13.8 Å². The molecule has 0 aliphatic rings. The highest BCUT2D eigenvalue weighted by Gasteiger charge is 2.34. The fourth-order valence-corrected chi connectivity index (χ4v) is 0.276. The number of amides is 1. The van der Waals surface area contributed by atoms with Crippen molar-refractivity contribution in [2.45, 2.75) is 4.83 Å².